The fourth-order valence-electron chi connectivity index (χ4n) is 1.44. The molecule has 6 nitrogen and oxygen atoms in total. The van der Waals surface area contributed by atoms with Crippen molar-refractivity contribution in [3.05, 3.63) is 29.8 Å². The molecule has 0 aromatic heterocycles. The van der Waals surface area contributed by atoms with Crippen LogP contribution in [0.4, 0.5) is 5.69 Å². The highest BCUT2D eigenvalue weighted by Crippen LogP contribution is 2.11. The largest absolute Gasteiger partial charge is 0.466 e. The first-order valence-corrected chi connectivity index (χ1v) is 7.98. The molecule has 1 rings (SSSR count). The van der Waals surface area contributed by atoms with Crippen molar-refractivity contribution in [2.45, 2.75) is 13.3 Å². The van der Waals surface area contributed by atoms with Crippen molar-refractivity contribution < 1.29 is 23.1 Å². The smallest absolute Gasteiger partial charge is 0.306 e. The average molecular weight is 311 g/mol. The number of hydrogen-bond donors (Lipinski definition) is 2. The number of sulfonamides is 1. The molecule has 0 heterocycles. The number of rotatable bonds is 6. The number of carbonyl (C=O) groups is 1. The molecule has 0 atom stereocenters. The summed E-state index contributed by atoms with van der Waals surface area (Å²) >= 11 is 0. The molecule has 21 heavy (non-hydrogen) atoms. The summed E-state index contributed by atoms with van der Waals surface area (Å²) < 4.78 is 30.6. The Kier molecular flexibility index (Phi) is 6.72. The first-order valence-electron chi connectivity index (χ1n) is 6.32. The van der Waals surface area contributed by atoms with Gasteiger partial charge >= 0.3 is 5.97 Å². The van der Waals surface area contributed by atoms with Gasteiger partial charge in [0, 0.05) is 11.3 Å². The van der Waals surface area contributed by atoms with E-state index in [1.54, 1.807) is 31.2 Å². The van der Waals surface area contributed by atoms with E-state index in [2.05, 4.69) is 21.3 Å². The summed E-state index contributed by atoms with van der Waals surface area (Å²) in [4.78, 5) is 11.1. The first-order chi connectivity index (χ1) is 9.96. The molecule has 0 aliphatic carbocycles. The molecule has 0 saturated heterocycles. The quantitative estimate of drug-likeness (QED) is 0.597. The molecule has 1 aromatic rings. The maximum Gasteiger partial charge on any atom is 0.306 e. The second-order valence-corrected chi connectivity index (χ2v) is 5.86. The second kappa shape index (κ2) is 8.29. The zero-order chi connectivity index (χ0) is 15.7. The molecule has 0 radical (unpaired) electrons. The van der Waals surface area contributed by atoms with E-state index in [0.29, 0.717) is 11.3 Å². The van der Waals surface area contributed by atoms with Crippen LogP contribution in [-0.4, -0.2) is 38.5 Å². The van der Waals surface area contributed by atoms with Gasteiger partial charge < -0.3 is 9.84 Å². The summed E-state index contributed by atoms with van der Waals surface area (Å²) in [5.74, 6) is 4.31. The van der Waals surface area contributed by atoms with Gasteiger partial charge in [-0.05, 0) is 31.2 Å². The highest BCUT2D eigenvalue weighted by molar-refractivity contribution is 7.92. The molecular formula is C14H17NO5S. The molecular weight excluding hydrogens is 294 g/mol. The summed E-state index contributed by atoms with van der Waals surface area (Å²) in [6.07, 6.45) is -0.191. The third-order valence-electron chi connectivity index (χ3n) is 2.35. The van der Waals surface area contributed by atoms with Gasteiger partial charge in [0.25, 0.3) is 0 Å². The lowest BCUT2D eigenvalue weighted by atomic mass is 10.2. The maximum absolute atomic E-state index is 11.8. The van der Waals surface area contributed by atoms with Crippen molar-refractivity contribution >= 4 is 21.7 Å². The van der Waals surface area contributed by atoms with E-state index in [1.807, 2.05) is 0 Å². The van der Waals surface area contributed by atoms with Gasteiger partial charge in [0.2, 0.25) is 10.0 Å². The van der Waals surface area contributed by atoms with Crippen molar-refractivity contribution in [3.8, 4) is 11.8 Å². The van der Waals surface area contributed by atoms with Gasteiger partial charge in [-0.15, -0.1) is 0 Å². The van der Waals surface area contributed by atoms with Crippen molar-refractivity contribution in [3.63, 3.8) is 0 Å². The third-order valence-corrected chi connectivity index (χ3v) is 3.64. The van der Waals surface area contributed by atoms with Crippen LogP contribution in [0, 0.1) is 11.8 Å². The number of aliphatic hydroxyl groups is 1. The van der Waals surface area contributed by atoms with Crippen LogP contribution in [0.2, 0.25) is 0 Å². The number of benzene rings is 1. The molecule has 0 fully saturated rings. The van der Waals surface area contributed by atoms with Crippen molar-refractivity contribution in [1.29, 1.82) is 0 Å². The van der Waals surface area contributed by atoms with Gasteiger partial charge in [-0.25, -0.2) is 8.42 Å². The number of anilines is 1. The molecule has 0 amide bonds. The van der Waals surface area contributed by atoms with E-state index in [1.165, 1.54) is 0 Å². The van der Waals surface area contributed by atoms with Gasteiger partial charge in [0.1, 0.15) is 6.61 Å². The SMILES string of the molecule is CCOC(=O)CCS(=O)(=O)Nc1ccc(C#CCO)cc1. The Morgan fingerprint density at radius 2 is 2.00 bits per heavy atom. The minimum absolute atomic E-state index is 0.191. The Balaban J connectivity index is 2.60. The first kappa shape index (κ1) is 17.0. The van der Waals surface area contributed by atoms with Crippen LogP contribution < -0.4 is 4.72 Å². The van der Waals surface area contributed by atoms with Crippen LogP contribution in [0.25, 0.3) is 0 Å². The van der Waals surface area contributed by atoms with E-state index in [-0.39, 0.29) is 25.4 Å². The minimum Gasteiger partial charge on any atom is -0.466 e. The highest BCUT2D eigenvalue weighted by atomic mass is 32.2. The minimum atomic E-state index is -3.60. The number of nitrogens with one attached hydrogen (secondary N) is 1. The monoisotopic (exact) mass is 311 g/mol. The number of hydrogen-bond acceptors (Lipinski definition) is 5. The summed E-state index contributed by atoms with van der Waals surface area (Å²) in [7, 11) is -3.60. The van der Waals surface area contributed by atoms with Gasteiger partial charge in [-0.1, -0.05) is 11.8 Å². The van der Waals surface area contributed by atoms with Crippen LogP contribution in [0.5, 0.6) is 0 Å². The standard InChI is InChI=1S/C14H17NO5S/c1-2-20-14(17)9-11-21(18,19)15-13-7-5-12(6-8-13)4-3-10-16/h5-8,15-16H,2,9-11H2,1H3. The normalized spacial score (nSPS) is 10.4. The molecule has 7 heteroatoms. The maximum atomic E-state index is 11.8. The predicted octanol–water partition coefficient (Wildman–Crippen LogP) is 0.725. The Morgan fingerprint density at radius 1 is 1.33 bits per heavy atom. The second-order valence-electron chi connectivity index (χ2n) is 4.01. The Bertz CT molecular complexity index is 626. The van der Waals surface area contributed by atoms with Gasteiger partial charge in [-0.2, -0.15) is 0 Å². The third kappa shape index (κ3) is 6.79. The van der Waals surface area contributed by atoms with Crippen molar-refractivity contribution in [2.24, 2.45) is 0 Å². The number of aliphatic hydroxyl groups excluding tert-OH is 1. The van der Waals surface area contributed by atoms with E-state index >= 15 is 0 Å². The number of esters is 1. The molecule has 1 aromatic carbocycles. The van der Waals surface area contributed by atoms with Gasteiger partial charge in [-0.3, -0.25) is 9.52 Å². The van der Waals surface area contributed by atoms with Gasteiger partial charge in [0.05, 0.1) is 18.8 Å². The molecule has 2 N–H and O–H groups in total. The molecule has 0 spiro atoms. The van der Waals surface area contributed by atoms with E-state index in [0.717, 1.165) is 0 Å². The molecule has 114 valence electrons. The lowest BCUT2D eigenvalue weighted by Crippen LogP contribution is -2.19. The van der Waals surface area contributed by atoms with Crippen LogP contribution in [0.3, 0.4) is 0 Å². The van der Waals surface area contributed by atoms with Crippen molar-refractivity contribution in [1.82, 2.24) is 0 Å². The number of ether oxygens (including phenoxy) is 1. The molecule has 0 saturated carbocycles. The lowest BCUT2D eigenvalue weighted by molar-refractivity contribution is -0.142. The fraction of sp³-hybridized carbons (Fsp3) is 0.357. The van der Waals surface area contributed by atoms with Crippen LogP contribution >= 0.6 is 0 Å². The summed E-state index contributed by atoms with van der Waals surface area (Å²) in [6.45, 7) is 1.65. The van der Waals surface area contributed by atoms with Crippen LogP contribution in [0.1, 0.15) is 18.9 Å². The van der Waals surface area contributed by atoms with Crippen LogP contribution in [-0.2, 0) is 19.6 Å². The van der Waals surface area contributed by atoms with E-state index in [9.17, 15) is 13.2 Å². The summed E-state index contributed by atoms with van der Waals surface area (Å²) in [5.41, 5.74) is 1.05. The molecule has 0 unspecified atom stereocenters. The van der Waals surface area contributed by atoms with E-state index < -0.39 is 16.0 Å². The zero-order valence-corrected chi connectivity index (χ0v) is 12.4. The predicted molar refractivity (Wildman–Crippen MR) is 79.1 cm³/mol. The molecule has 0 bridgehead atoms. The van der Waals surface area contributed by atoms with Gasteiger partial charge in [0.15, 0.2) is 0 Å². The highest BCUT2D eigenvalue weighted by Gasteiger charge is 2.13. The molecule has 0 aliphatic rings. The lowest BCUT2D eigenvalue weighted by Gasteiger charge is -2.07. The topological polar surface area (TPSA) is 92.7 Å². The zero-order valence-electron chi connectivity index (χ0n) is 11.6. The summed E-state index contributed by atoms with van der Waals surface area (Å²) in [5, 5.41) is 8.57. The van der Waals surface area contributed by atoms with E-state index in [4.69, 9.17) is 5.11 Å². The molecule has 0 aliphatic heterocycles. The Hall–Kier alpha value is -2.04. The van der Waals surface area contributed by atoms with Crippen molar-refractivity contribution in [2.75, 3.05) is 23.7 Å². The summed E-state index contributed by atoms with van der Waals surface area (Å²) in [6, 6.07) is 6.38. The Labute approximate surface area is 124 Å². The fourth-order valence-corrected chi connectivity index (χ4v) is 2.48. The average Bonchev–Trinajstić information content (AvgIpc) is 2.45. The number of carbonyl (C=O) groups excluding carboxylic acids is 1. The Morgan fingerprint density at radius 3 is 2.57 bits per heavy atom. The van der Waals surface area contributed by atoms with Crippen LogP contribution in [0.15, 0.2) is 24.3 Å².